The first-order valence-corrected chi connectivity index (χ1v) is 8.14. The molecule has 2 atom stereocenters. The molecule has 1 saturated heterocycles. The summed E-state index contributed by atoms with van der Waals surface area (Å²) in [5, 5.41) is 13.2. The summed E-state index contributed by atoms with van der Waals surface area (Å²) in [6, 6.07) is 3.54. The van der Waals surface area contributed by atoms with Crippen LogP contribution in [0.1, 0.15) is 44.3 Å². The van der Waals surface area contributed by atoms with E-state index in [4.69, 9.17) is 0 Å². The highest BCUT2D eigenvalue weighted by atomic mass is 19.2. The maximum Gasteiger partial charge on any atom is 0.220 e. The summed E-state index contributed by atoms with van der Waals surface area (Å²) in [5.41, 5.74) is 0.362. The maximum absolute atomic E-state index is 13.2. The van der Waals surface area contributed by atoms with Crippen molar-refractivity contribution in [3.05, 3.63) is 35.4 Å². The normalized spacial score (nSPS) is 20.3. The van der Waals surface area contributed by atoms with Crippen LogP contribution in [0.5, 0.6) is 0 Å². The standard InChI is InChI=1S/C17H24F2N2O2/c1-2-4-17(23)20-13-5-3-8-21(10-13)11-16(22)12-6-7-14(18)15(19)9-12/h6-7,9,13,16,22H,2-5,8,10-11H2,1H3,(H,20,23). The van der Waals surface area contributed by atoms with Crippen molar-refractivity contribution < 1.29 is 18.7 Å². The Bertz CT molecular complexity index is 539. The third-order valence-electron chi connectivity index (χ3n) is 4.11. The average Bonchev–Trinajstić information content (AvgIpc) is 2.50. The van der Waals surface area contributed by atoms with Gasteiger partial charge in [-0.1, -0.05) is 13.0 Å². The number of aliphatic hydroxyl groups excluding tert-OH is 1. The molecule has 23 heavy (non-hydrogen) atoms. The number of carbonyl (C=O) groups is 1. The van der Waals surface area contributed by atoms with Crippen LogP contribution in [0.4, 0.5) is 8.78 Å². The number of hydrogen-bond acceptors (Lipinski definition) is 3. The van der Waals surface area contributed by atoms with E-state index in [9.17, 15) is 18.7 Å². The fraction of sp³-hybridized carbons (Fsp3) is 0.588. The lowest BCUT2D eigenvalue weighted by molar-refractivity contribution is -0.122. The largest absolute Gasteiger partial charge is 0.387 e. The predicted octanol–water partition coefficient (Wildman–Crippen LogP) is 2.38. The van der Waals surface area contributed by atoms with Gasteiger partial charge in [-0.2, -0.15) is 0 Å². The molecule has 1 aromatic rings. The Kier molecular flexibility index (Phi) is 6.47. The van der Waals surface area contributed by atoms with Crippen LogP contribution in [0.15, 0.2) is 18.2 Å². The zero-order chi connectivity index (χ0) is 16.8. The first kappa shape index (κ1) is 17.8. The summed E-state index contributed by atoms with van der Waals surface area (Å²) < 4.78 is 26.2. The number of rotatable bonds is 6. The fourth-order valence-corrected chi connectivity index (χ4v) is 2.94. The Hall–Kier alpha value is -1.53. The van der Waals surface area contributed by atoms with Crippen molar-refractivity contribution in [1.82, 2.24) is 10.2 Å². The lowest BCUT2D eigenvalue weighted by atomic mass is 10.0. The Morgan fingerprint density at radius 1 is 1.43 bits per heavy atom. The number of benzene rings is 1. The zero-order valence-corrected chi connectivity index (χ0v) is 13.4. The van der Waals surface area contributed by atoms with Crippen molar-refractivity contribution in [3.63, 3.8) is 0 Å². The van der Waals surface area contributed by atoms with Gasteiger partial charge in [-0.05, 0) is 43.5 Å². The second-order valence-corrected chi connectivity index (χ2v) is 6.11. The molecule has 1 aliphatic rings. The number of amides is 1. The number of nitrogens with one attached hydrogen (secondary N) is 1. The van der Waals surface area contributed by atoms with E-state index in [-0.39, 0.29) is 11.9 Å². The van der Waals surface area contributed by atoms with Crippen LogP contribution in [-0.2, 0) is 4.79 Å². The van der Waals surface area contributed by atoms with Gasteiger partial charge in [0.05, 0.1) is 6.10 Å². The van der Waals surface area contributed by atoms with E-state index in [0.717, 1.165) is 37.9 Å². The molecule has 0 radical (unpaired) electrons. The van der Waals surface area contributed by atoms with Crippen molar-refractivity contribution >= 4 is 5.91 Å². The van der Waals surface area contributed by atoms with Crippen LogP contribution in [0.2, 0.25) is 0 Å². The number of piperidine rings is 1. The van der Waals surface area contributed by atoms with Gasteiger partial charge in [0.2, 0.25) is 5.91 Å². The van der Waals surface area contributed by atoms with Crippen molar-refractivity contribution in [3.8, 4) is 0 Å². The number of aliphatic hydroxyl groups is 1. The van der Waals surface area contributed by atoms with E-state index < -0.39 is 17.7 Å². The molecule has 4 nitrogen and oxygen atoms in total. The summed E-state index contributed by atoms with van der Waals surface area (Å²) in [6.07, 6.45) is 2.31. The highest BCUT2D eigenvalue weighted by Gasteiger charge is 2.23. The number of likely N-dealkylation sites (tertiary alicyclic amines) is 1. The molecular weight excluding hydrogens is 302 g/mol. The topological polar surface area (TPSA) is 52.6 Å². The van der Waals surface area contributed by atoms with Gasteiger partial charge in [0.25, 0.3) is 0 Å². The molecule has 6 heteroatoms. The zero-order valence-electron chi connectivity index (χ0n) is 13.4. The Morgan fingerprint density at radius 3 is 2.91 bits per heavy atom. The number of hydrogen-bond donors (Lipinski definition) is 2. The van der Waals surface area contributed by atoms with E-state index in [1.54, 1.807) is 0 Å². The van der Waals surface area contributed by atoms with Crippen LogP contribution in [0.25, 0.3) is 0 Å². The second kappa shape index (κ2) is 8.36. The van der Waals surface area contributed by atoms with E-state index in [1.165, 1.54) is 6.07 Å². The van der Waals surface area contributed by atoms with Gasteiger partial charge in [0, 0.05) is 25.6 Å². The molecule has 0 aliphatic carbocycles. The monoisotopic (exact) mass is 326 g/mol. The lowest BCUT2D eigenvalue weighted by Crippen LogP contribution is -2.48. The molecule has 1 amide bonds. The van der Waals surface area contributed by atoms with Gasteiger partial charge < -0.3 is 10.4 Å². The summed E-state index contributed by atoms with van der Waals surface area (Å²) in [6.45, 7) is 3.78. The van der Waals surface area contributed by atoms with Gasteiger partial charge in [0.1, 0.15) is 0 Å². The molecule has 1 aromatic carbocycles. The third-order valence-corrected chi connectivity index (χ3v) is 4.11. The van der Waals surface area contributed by atoms with E-state index in [2.05, 4.69) is 5.32 Å². The molecule has 2 unspecified atom stereocenters. The Morgan fingerprint density at radius 2 is 2.22 bits per heavy atom. The molecule has 1 aliphatic heterocycles. The van der Waals surface area contributed by atoms with Gasteiger partial charge in [-0.3, -0.25) is 9.69 Å². The predicted molar refractivity (Wildman–Crippen MR) is 83.8 cm³/mol. The van der Waals surface area contributed by atoms with Crippen LogP contribution >= 0.6 is 0 Å². The number of nitrogens with zero attached hydrogens (tertiary/aromatic N) is 1. The molecule has 1 heterocycles. The summed E-state index contributed by atoms with van der Waals surface area (Å²) in [4.78, 5) is 13.7. The third kappa shape index (κ3) is 5.25. The van der Waals surface area contributed by atoms with Gasteiger partial charge in [-0.25, -0.2) is 8.78 Å². The van der Waals surface area contributed by atoms with Crippen LogP contribution in [-0.4, -0.2) is 41.6 Å². The summed E-state index contributed by atoms with van der Waals surface area (Å²) in [7, 11) is 0. The second-order valence-electron chi connectivity index (χ2n) is 6.11. The maximum atomic E-state index is 13.2. The fourth-order valence-electron chi connectivity index (χ4n) is 2.94. The minimum atomic E-state index is -0.954. The number of halogens is 2. The number of carbonyl (C=O) groups excluding carboxylic acids is 1. The van der Waals surface area contributed by atoms with Crippen LogP contribution in [0, 0.1) is 11.6 Å². The van der Waals surface area contributed by atoms with Gasteiger partial charge >= 0.3 is 0 Å². The van der Waals surface area contributed by atoms with Crippen molar-refractivity contribution in [2.45, 2.75) is 44.8 Å². The number of β-amino-alcohol motifs (C(OH)–C–C–N with tert-alkyl or cyclic N) is 1. The molecule has 2 N–H and O–H groups in total. The SMILES string of the molecule is CCCC(=O)NC1CCCN(CC(O)c2ccc(F)c(F)c2)C1. The molecule has 0 aromatic heterocycles. The molecule has 0 spiro atoms. The summed E-state index contributed by atoms with van der Waals surface area (Å²) in [5.74, 6) is -1.82. The smallest absolute Gasteiger partial charge is 0.220 e. The molecule has 128 valence electrons. The van der Waals surface area contributed by atoms with E-state index in [0.29, 0.717) is 25.1 Å². The van der Waals surface area contributed by atoms with Gasteiger partial charge in [0.15, 0.2) is 11.6 Å². The van der Waals surface area contributed by atoms with Crippen LogP contribution < -0.4 is 5.32 Å². The van der Waals surface area contributed by atoms with E-state index in [1.807, 2.05) is 11.8 Å². The average molecular weight is 326 g/mol. The van der Waals surface area contributed by atoms with Gasteiger partial charge in [-0.15, -0.1) is 0 Å². The van der Waals surface area contributed by atoms with Crippen molar-refractivity contribution in [2.24, 2.45) is 0 Å². The molecule has 0 bridgehead atoms. The van der Waals surface area contributed by atoms with Crippen LogP contribution in [0.3, 0.4) is 0 Å². The first-order chi connectivity index (χ1) is 11.0. The highest BCUT2D eigenvalue weighted by molar-refractivity contribution is 5.76. The Labute approximate surface area is 135 Å². The van der Waals surface area contributed by atoms with Crippen molar-refractivity contribution in [2.75, 3.05) is 19.6 Å². The highest BCUT2D eigenvalue weighted by Crippen LogP contribution is 2.19. The first-order valence-electron chi connectivity index (χ1n) is 8.14. The quantitative estimate of drug-likeness (QED) is 0.844. The Balaban J connectivity index is 1.88. The molecule has 0 saturated carbocycles. The minimum Gasteiger partial charge on any atom is -0.387 e. The van der Waals surface area contributed by atoms with E-state index >= 15 is 0 Å². The minimum absolute atomic E-state index is 0.0560. The lowest BCUT2D eigenvalue weighted by Gasteiger charge is -2.34. The van der Waals surface area contributed by atoms with Crippen molar-refractivity contribution in [1.29, 1.82) is 0 Å². The molecule has 1 fully saturated rings. The molecule has 2 rings (SSSR count). The molecular formula is C17H24F2N2O2. The summed E-state index contributed by atoms with van der Waals surface area (Å²) >= 11 is 0.